The summed E-state index contributed by atoms with van der Waals surface area (Å²) in [6.45, 7) is 3.11. The van der Waals surface area contributed by atoms with Crippen LogP contribution in [0.5, 0.6) is 0 Å². The molecule has 0 atom stereocenters. The summed E-state index contributed by atoms with van der Waals surface area (Å²) in [4.78, 5) is 16.3. The van der Waals surface area contributed by atoms with Crippen molar-refractivity contribution in [1.29, 1.82) is 0 Å². The molecule has 0 amide bonds. The van der Waals surface area contributed by atoms with Crippen LogP contribution in [0, 0.1) is 0 Å². The van der Waals surface area contributed by atoms with Gasteiger partial charge in [0.2, 0.25) is 0 Å². The molecule has 0 fully saturated rings. The quantitative estimate of drug-likeness (QED) is 0.474. The highest BCUT2D eigenvalue weighted by atomic mass is 31.2. The first-order valence-corrected chi connectivity index (χ1v) is 4.26. The molecule has 0 bridgehead atoms. The van der Waals surface area contributed by atoms with Crippen LogP contribution in [-0.2, 0) is 13.8 Å². The van der Waals surface area contributed by atoms with E-state index in [0.29, 0.717) is 0 Å². The Balaban J connectivity index is 3.30. The van der Waals surface area contributed by atoms with Crippen LogP contribution in [0.3, 0.4) is 0 Å². The van der Waals surface area contributed by atoms with E-state index in [0.717, 1.165) is 0 Å². The Morgan fingerprint density at radius 3 is 2.30 bits per heavy atom. The third-order valence-corrected chi connectivity index (χ3v) is 1.06. The maximum absolute atomic E-state index is 10.0. The number of phosphoric ester groups is 1. The van der Waals surface area contributed by atoms with Gasteiger partial charge in [-0.3, -0.25) is 4.52 Å². The third kappa shape index (κ3) is 8.07. The molecule has 6 heteroatoms. The minimum Gasteiger partial charge on any atom is -0.352 e. The molecule has 0 saturated heterocycles. The van der Waals surface area contributed by atoms with Crippen LogP contribution in [-0.4, -0.2) is 22.7 Å². The first kappa shape index (κ1) is 10.1. The van der Waals surface area contributed by atoms with E-state index in [1.165, 1.54) is 0 Å². The summed E-state index contributed by atoms with van der Waals surface area (Å²) in [5.41, 5.74) is 0. The smallest absolute Gasteiger partial charge is 0.352 e. The van der Waals surface area contributed by atoms with Crippen molar-refractivity contribution in [1.82, 2.24) is 0 Å². The summed E-state index contributed by atoms with van der Waals surface area (Å²) in [6.07, 6.45) is -0.0912. The van der Waals surface area contributed by atoms with Crippen molar-refractivity contribution in [3.8, 4) is 0 Å². The SMILES string of the molecule is CC(C)OCOP(=O)(O)O. The molecular formula is C4H11O5P. The zero-order valence-electron chi connectivity index (χ0n) is 5.85. The zero-order valence-corrected chi connectivity index (χ0v) is 6.75. The highest BCUT2D eigenvalue weighted by molar-refractivity contribution is 7.46. The molecule has 0 aromatic carbocycles. The summed E-state index contributed by atoms with van der Waals surface area (Å²) in [5, 5.41) is 0. The molecule has 0 rings (SSSR count). The number of ether oxygens (including phenoxy) is 1. The van der Waals surface area contributed by atoms with E-state index in [9.17, 15) is 4.57 Å². The molecule has 0 aliphatic carbocycles. The third-order valence-electron chi connectivity index (χ3n) is 0.622. The molecule has 0 spiro atoms. The molecule has 0 aliphatic rings. The normalized spacial score (nSPS) is 12.5. The molecule has 62 valence electrons. The lowest BCUT2D eigenvalue weighted by Crippen LogP contribution is -2.05. The fourth-order valence-electron chi connectivity index (χ4n) is 0.235. The Morgan fingerprint density at radius 1 is 1.50 bits per heavy atom. The first-order valence-electron chi connectivity index (χ1n) is 2.73. The Kier molecular flexibility index (Phi) is 4.08. The van der Waals surface area contributed by atoms with Crippen molar-refractivity contribution in [3.63, 3.8) is 0 Å². The summed E-state index contributed by atoms with van der Waals surface area (Å²) in [7, 11) is -4.35. The summed E-state index contributed by atoms with van der Waals surface area (Å²) >= 11 is 0. The predicted octanol–water partition coefficient (Wildman–Crippen LogP) is 0.478. The van der Waals surface area contributed by atoms with Crippen molar-refractivity contribution in [3.05, 3.63) is 0 Å². The number of rotatable bonds is 4. The lowest BCUT2D eigenvalue weighted by molar-refractivity contribution is -0.0326. The van der Waals surface area contributed by atoms with Gasteiger partial charge in [0.1, 0.15) is 0 Å². The maximum Gasteiger partial charge on any atom is 0.471 e. The number of phosphoric acid groups is 1. The van der Waals surface area contributed by atoms with Crippen LogP contribution < -0.4 is 0 Å². The van der Waals surface area contributed by atoms with E-state index in [1.54, 1.807) is 13.8 Å². The van der Waals surface area contributed by atoms with E-state index in [1.807, 2.05) is 0 Å². The van der Waals surface area contributed by atoms with E-state index in [4.69, 9.17) is 14.5 Å². The summed E-state index contributed by atoms with van der Waals surface area (Å²) in [5.74, 6) is 0. The molecule has 0 heterocycles. The molecule has 0 radical (unpaired) electrons. The highest BCUT2D eigenvalue weighted by Gasteiger charge is 2.13. The second-order valence-corrected chi connectivity index (χ2v) is 3.19. The van der Waals surface area contributed by atoms with Crippen LogP contribution in [0.2, 0.25) is 0 Å². The van der Waals surface area contributed by atoms with Gasteiger partial charge in [-0.15, -0.1) is 0 Å². The van der Waals surface area contributed by atoms with Gasteiger partial charge >= 0.3 is 7.82 Å². The molecule has 0 unspecified atom stereocenters. The zero-order chi connectivity index (χ0) is 8.20. The molecule has 0 aromatic rings. The standard InChI is InChI=1S/C4H11O5P/c1-4(2)8-3-9-10(5,6)7/h4H,3H2,1-2H3,(H2,5,6,7). The monoisotopic (exact) mass is 170 g/mol. The minimum absolute atomic E-state index is 0.0912. The average molecular weight is 170 g/mol. The minimum atomic E-state index is -4.35. The summed E-state index contributed by atoms with van der Waals surface area (Å²) < 4.78 is 18.7. The molecule has 0 saturated carbocycles. The van der Waals surface area contributed by atoms with Crippen molar-refractivity contribution in [2.24, 2.45) is 0 Å². The Morgan fingerprint density at radius 2 is 2.00 bits per heavy atom. The van der Waals surface area contributed by atoms with Crippen LogP contribution in [0.25, 0.3) is 0 Å². The highest BCUT2D eigenvalue weighted by Crippen LogP contribution is 2.35. The number of hydrogen-bond donors (Lipinski definition) is 2. The van der Waals surface area contributed by atoms with Crippen molar-refractivity contribution in [2.75, 3.05) is 6.79 Å². The fourth-order valence-corrected chi connectivity index (χ4v) is 0.433. The van der Waals surface area contributed by atoms with Gasteiger partial charge in [-0.25, -0.2) is 4.57 Å². The van der Waals surface area contributed by atoms with Gasteiger partial charge in [0.25, 0.3) is 0 Å². The van der Waals surface area contributed by atoms with Crippen molar-refractivity contribution in [2.45, 2.75) is 20.0 Å². The maximum atomic E-state index is 10.0. The Hall–Kier alpha value is 0.0700. The van der Waals surface area contributed by atoms with E-state index >= 15 is 0 Å². The largest absolute Gasteiger partial charge is 0.471 e. The molecule has 5 nitrogen and oxygen atoms in total. The fraction of sp³-hybridized carbons (Fsp3) is 1.00. The van der Waals surface area contributed by atoms with Crippen LogP contribution in [0.1, 0.15) is 13.8 Å². The molecule has 2 N–H and O–H groups in total. The molecule has 10 heavy (non-hydrogen) atoms. The lowest BCUT2D eigenvalue weighted by Gasteiger charge is -2.07. The van der Waals surface area contributed by atoms with E-state index in [-0.39, 0.29) is 12.9 Å². The lowest BCUT2D eigenvalue weighted by atomic mass is 10.5. The van der Waals surface area contributed by atoms with Crippen LogP contribution >= 0.6 is 7.82 Å². The second kappa shape index (κ2) is 4.05. The van der Waals surface area contributed by atoms with E-state index in [2.05, 4.69) is 4.52 Å². The van der Waals surface area contributed by atoms with Gasteiger partial charge in [0.05, 0.1) is 6.10 Å². The average Bonchev–Trinajstić information content (AvgIpc) is 1.59. The Bertz CT molecular complexity index is 128. The molecule has 0 aromatic heterocycles. The first-order chi connectivity index (χ1) is 4.42. The second-order valence-electron chi connectivity index (χ2n) is 1.95. The predicted molar refractivity (Wildman–Crippen MR) is 34.2 cm³/mol. The number of hydrogen-bond acceptors (Lipinski definition) is 3. The van der Waals surface area contributed by atoms with Gasteiger partial charge in [-0.1, -0.05) is 0 Å². The van der Waals surface area contributed by atoms with E-state index < -0.39 is 7.82 Å². The van der Waals surface area contributed by atoms with Crippen LogP contribution in [0.15, 0.2) is 0 Å². The van der Waals surface area contributed by atoms with Gasteiger partial charge in [-0.2, -0.15) is 0 Å². The van der Waals surface area contributed by atoms with Gasteiger partial charge in [-0.05, 0) is 13.8 Å². The molecular weight excluding hydrogens is 159 g/mol. The summed E-state index contributed by atoms with van der Waals surface area (Å²) in [6, 6.07) is 0. The van der Waals surface area contributed by atoms with Gasteiger partial charge in [0.15, 0.2) is 6.79 Å². The topological polar surface area (TPSA) is 76.0 Å². The van der Waals surface area contributed by atoms with Crippen molar-refractivity contribution >= 4 is 7.82 Å². The molecule has 0 aliphatic heterocycles. The van der Waals surface area contributed by atoms with Gasteiger partial charge < -0.3 is 14.5 Å². The van der Waals surface area contributed by atoms with Gasteiger partial charge in [0, 0.05) is 0 Å². The Labute approximate surface area is 59.2 Å². The van der Waals surface area contributed by atoms with Crippen LogP contribution in [0.4, 0.5) is 0 Å². The van der Waals surface area contributed by atoms with Crippen molar-refractivity contribution < 1.29 is 23.6 Å².